The maximum absolute atomic E-state index is 4.78. The molecule has 4 aromatic rings. The van der Waals surface area contributed by atoms with Crippen LogP contribution in [0.3, 0.4) is 0 Å². The first-order valence-corrected chi connectivity index (χ1v) is 12.2. The predicted octanol–water partition coefficient (Wildman–Crippen LogP) is 4.13. The van der Waals surface area contributed by atoms with E-state index in [1.54, 1.807) is 0 Å². The van der Waals surface area contributed by atoms with Crippen molar-refractivity contribution in [2.75, 3.05) is 24.5 Å². The minimum atomic E-state index is 0.607. The summed E-state index contributed by atoms with van der Waals surface area (Å²) < 4.78 is 3.99. The Morgan fingerprint density at radius 3 is 2.73 bits per heavy atom. The van der Waals surface area contributed by atoms with Gasteiger partial charge in [0.05, 0.1) is 18.4 Å². The number of nitrogens with zero attached hydrogens (tertiary/aromatic N) is 6. The molecule has 3 aromatic heterocycles. The Hall–Kier alpha value is -3.19. The summed E-state index contributed by atoms with van der Waals surface area (Å²) in [5.41, 5.74) is 6.52. The van der Waals surface area contributed by atoms with Gasteiger partial charge in [-0.25, -0.2) is 9.67 Å². The van der Waals surface area contributed by atoms with Gasteiger partial charge in [-0.3, -0.25) is 0 Å². The highest BCUT2D eigenvalue weighted by Gasteiger charge is 2.16. The molecule has 2 aliphatic rings. The van der Waals surface area contributed by atoms with Crippen LogP contribution in [-0.4, -0.2) is 44.0 Å². The molecule has 1 aliphatic heterocycles. The highest BCUT2D eigenvalue weighted by atomic mass is 15.4. The van der Waals surface area contributed by atoms with Crippen molar-refractivity contribution in [1.29, 1.82) is 0 Å². The first kappa shape index (κ1) is 20.4. The van der Waals surface area contributed by atoms with Crippen LogP contribution in [0.25, 0.3) is 16.9 Å². The van der Waals surface area contributed by atoms with E-state index >= 15 is 0 Å². The van der Waals surface area contributed by atoms with E-state index in [9.17, 15) is 0 Å². The van der Waals surface area contributed by atoms with Gasteiger partial charge in [-0.15, -0.1) is 5.10 Å². The maximum atomic E-state index is 4.78. The Morgan fingerprint density at radius 2 is 1.88 bits per heavy atom. The highest BCUT2D eigenvalue weighted by Crippen LogP contribution is 2.26. The molecular weight excluding hydrogens is 410 g/mol. The summed E-state index contributed by atoms with van der Waals surface area (Å²) in [4.78, 5) is 7.22. The molecule has 1 aromatic carbocycles. The fourth-order valence-electron chi connectivity index (χ4n) is 4.90. The number of fused-ring (bicyclic) bond motifs is 1. The van der Waals surface area contributed by atoms with Crippen molar-refractivity contribution in [1.82, 2.24) is 29.7 Å². The number of benzene rings is 1. The SMILES string of the molecule is c1cc(-c2cn(Cc3cn4cc(CNCC5CCC5)ccc4n3)nn2)cc(N2CCCC2)c1. The van der Waals surface area contributed by atoms with Crippen LogP contribution in [-0.2, 0) is 13.1 Å². The van der Waals surface area contributed by atoms with Gasteiger partial charge in [-0.05, 0) is 61.9 Å². The van der Waals surface area contributed by atoms with Crippen molar-refractivity contribution in [3.8, 4) is 11.3 Å². The quantitative estimate of drug-likeness (QED) is 0.445. The zero-order chi connectivity index (χ0) is 22.0. The molecule has 4 heterocycles. The third-order valence-corrected chi connectivity index (χ3v) is 7.02. The molecule has 1 saturated heterocycles. The van der Waals surface area contributed by atoms with Crippen molar-refractivity contribution < 1.29 is 0 Å². The van der Waals surface area contributed by atoms with Gasteiger partial charge in [-0.2, -0.15) is 0 Å². The second-order valence-electron chi connectivity index (χ2n) is 9.51. The summed E-state index contributed by atoms with van der Waals surface area (Å²) in [5.74, 6) is 0.879. The van der Waals surface area contributed by atoms with Crippen molar-refractivity contribution in [3.05, 3.63) is 66.2 Å². The molecule has 7 heteroatoms. The van der Waals surface area contributed by atoms with E-state index in [2.05, 4.69) is 73.7 Å². The molecule has 0 bridgehead atoms. The van der Waals surface area contributed by atoms with Crippen LogP contribution in [0, 0.1) is 5.92 Å². The molecule has 170 valence electrons. The first-order valence-electron chi connectivity index (χ1n) is 12.2. The van der Waals surface area contributed by atoms with Gasteiger partial charge in [0.1, 0.15) is 11.3 Å². The van der Waals surface area contributed by atoms with Crippen LogP contribution >= 0.6 is 0 Å². The molecule has 6 rings (SSSR count). The molecule has 0 amide bonds. The Kier molecular flexibility index (Phi) is 5.56. The fraction of sp³-hybridized carbons (Fsp3) is 0.423. The average molecular weight is 442 g/mol. The van der Waals surface area contributed by atoms with Gasteiger partial charge in [-0.1, -0.05) is 29.8 Å². The Balaban J connectivity index is 1.13. The normalized spacial score (nSPS) is 16.5. The summed E-state index contributed by atoms with van der Waals surface area (Å²) in [7, 11) is 0. The molecule has 1 N–H and O–H groups in total. The number of hydrogen-bond donors (Lipinski definition) is 1. The summed E-state index contributed by atoms with van der Waals surface area (Å²) in [6.07, 6.45) is 13.0. The number of rotatable bonds is 8. The van der Waals surface area contributed by atoms with E-state index in [-0.39, 0.29) is 0 Å². The van der Waals surface area contributed by atoms with E-state index in [1.807, 2.05) is 10.9 Å². The Bertz CT molecular complexity index is 1230. The van der Waals surface area contributed by atoms with Crippen molar-refractivity contribution in [3.63, 3.8) is 0 Å². The van der Waals surface area contributed by atoms with E-state index in [0.29, 0.717) is 6.54 Å². The van der Waals surface area contributed by atoms with Gasteiger partial charge in [0.25, 0.3) is 0 Å². The zero-order valence-electron chi connectivity index (χ0n) is 19.0. The molecule has 0 radical (unpaired) electrons. The molecule has 0 spiro atoms. The summed E-state index contributed by atoms with van der Waals surface area (Å²) in [6.45, 7) is 4.92. The monoisotopic (exact) mass is 441 g/mol. The third-order valence-electron chi connectivity index (χ3n) is 7.02. The summed E-state index contributed by atoms with van der Waals surface area (Å²) >= 11 is 0. The van der Waals surface area contributed by atoms with E-state index < -0.39 is 0 Å². The predicted molar refractivity (Wildman–Crippen MR) is 130 cm³/mol. The third kappa shape index (κ3) is 4.50. The lowest BCUT2D eigenvalue weighted by Gasteiger charge is -2.25. The van der Waals surface area contributed by atoms with Gasteiger partial charge >= 0.3 is 0 Å². The van der Waals surface area contributed by atoms with Crippen LogP contribution in [0.2, 0.25) is 0 Å². The highest BCUT2D eigenvalue weighted by molar-refractivity contribution is 5.65. The van der Waals surface area contributed by atoms with Crippen LogP contribution in [0.1, 0.15) is 43.4 Å². The maximum Gasteiger partial charge on any atom is 0.137 e. The summed E-state index contributed by atoms with van der Waals surface area (Å²) in [6, 6.07) is 12.9. The molecule has 0 atom stereocenters. The number of pyridine rings is 1. The van der Waals surface area contributed by atoms with E-state index in [1.165, 1.54) is 43.4 Å². The van der Waals surface area contributed by atoms with Crippen LogP contribution in [0.15, 0.2) is 55.0 Å². The van der Waals surface area contributed by atoms with Gasteiger partial charge in [0.2, 0.25) is 0 Å². The second kappa shape index (κ2) is 8.98. The number of imidazole rings is 1. The standard InChI is InChI=1S/C26H31N7/c1-2-12-31(11-1)24-8-4-7-22(13-24)25-19-33(30-29-25)18-23-17-32-16-21(9-10-26(32)28-23)15-27-14-20-5-3-6-20/h4,7-10,13,16-17,19-20,27H,1-3,5-6,11-12,14-15,18H2. The second-order valence-corrected chi connectivity index (χ2v) is 9.51. The average Bonchev–Trinajstić information content (AvgIpc) is 3.56. The molecule has 7 nitrogen and oxygen atoms in total. The lowest BCUT2D eigenvalue weighted by Crippen LogP contribution is -2.26. The largest absolute Gasteiger partial charge is 0.372 e. The topological polar surface area (TPSA) is 63.3 Å². The lowest BCUT2D eigenvalue weighted by atomic mass is 9.85. The van der Waals surface area contributed by atoms with Gasteiger partial charge < -0.3 is 14.6 Å². The number of aromatic nitrogens is 5. The lowest BCUT2D eigenvalue weighted by molar-refractivity contribution is 0.301. The molecule has 1 saturated carbocycles. The van der Waals surface area contributed by atoms with E-state index in [0.717, 1.165) is 54.7 Å². The first-order chi connectivity index (χ1) is 16.3. The van der Waals surface area contributed by atoms with Crippen molar-refractivity contribution in [2.24, 2.45) is 5.92 Å². The van der Waals surface area contributed by atoms with Crippen LogP contribution < -0.4 is 10.2 Å². The number of nitrogens with one attached hydrogen (secondary N) is 1. The molecule has 1 aliphatic carbocycles. The Labute approximate surface area is 194 Å². The molecule has 0 unspecified atom stereocenters. The zero-order valence-corrected chi connectivity index (χ0v) is 19.0. The smallest absolute Gasteiger partial charge is 0.137 e. The van der Waals surface area contributed by atoms with Crippen molar-refractivity contribution in [2.45, 2.75) is 45.2 Å². The van der Waals surface area contributed by atoms with Gasteiger partial charge in [0, 0.05) is 43.3 Å². The minimum absolute atomic E-state index is 0.607. The molecular formula is C26H31N7. The van der Waals surface area contributed by atoms with E-state index in [4.69, 9.17) is 4.98 Å². The Morgan fingerprint density at radius 1 is 0.970 bits per heavy atom. The molecule has 2 fully saturated rings. The fourth-order valence-corrected chi connectivity index (χ4v) is 4.90. The van der Waals surface area contributed by atoms with Crippen molar-refractivity contribution >= 4 is 11.3 Å². The number of hydrogen-bond acceptors (Lipinski definition) is 5. The van der Waals surface area contributed by atoms with Crippen LogP contribution in [0.4, 0.5) is 5.69 Å². The summed E-state index contributed by atoms with van der Waals surface area (Å²) in [5, 5.41) is 12.4. The number of anilines is 1. The van der Waals surface area contributed by atoms with Crippen LogP contribution in [0.5, 0.6) is 0 Å². The minimum Gasteiger partial charge on any atom is -0.372 e. The van der Waals surface area contributed by atoms with Gasteiger partial charge in [0.15, 0.2) is 0 Å². The molecule has 33 heavy (non-hydrogen) atoms.